The summed E-state index contributed by atoms with van der Waals surface area (Å²) in [6.07, 6.45) is 2.01. The van der Waals surface area contributed by atoms with Crippen molar-refractivity contribution in [3.05, 3.63) is 40.9 Å². The van der Waals surface area contributed by atoms with E-state index >= 15 is 0 Å². The van der Waals surface area contributed by atoms with Gasteiger partial charge in [0.05, 0.1) is 10.7 Å². The van der Waals surface area contributed by atoms with Gasteiger partial charge in [-0.25, -0.2) is 0 Å². The van der Waals surface area contributed by atoms with E-state index in [2.05, 4.69) is 17.2 Å². The van der Waals surface area contributed by atoms with Crippen molar-refractivity contribution in [1.29, 1.82) is 0 Å². The third-order valence-electron chi connectivity index (χ3n) is 2.04. The van der Waals surface area contributed by atoms with Crippen molar-refractivity contribution in [2.24, 2.45) is 0 Å². The molecule has 0 unspecified atom stereocenters. The number of hydrogen-bond donors (Lipinski definition) is 2. The fourth-order valence-electron chi connectivity index (χ4n) is 1.22. The summed E-state index contributed by atoms with van der Waals surface area (Å²) < 4.78 is 0. The average Bonchev–Trinajstić information content (AvgIpc) is 2.31. The lowest BCUT2D eigenvalue weighted by atomic mass is 10.3. The molecule has 1 aromatic rings. The van der Waals surface area contributed by atoms with Gasteiger partial charge in [0.15, 0.2) is 0 Å². The van der Waals surface area contributed by atoms with Gasteiger partial charge in [-0.05, 0) is 18.2 Å². The Morgan fingerprint density at radius 3 is 2.88 bits per heavy atom. The Kier molecular flexibility index (Phi) is 5.87. The normalized spacial score (nSPS) is 9.76. The molecule has 92 valence electrons. The van der Waals surface area contributed by atoms with Crippen LogP contribution in [0.25, 0.3) is 0 Å². The van der Waals surface area contributed by atoms with Crippen LogP contribution in [0.3, 0.4) is 0 Å². The standard InChI is InChI=1S/C12H14Cl2N2O/c1-2-6-16-12(17)5-7-15-11-8-9(13)3-4-10(11)14/h2-4,8,15H,1,5-7H2,(H,16,17). The van der Waals surface area contributed by atoms with Gasteiger partial charge in [0.25, 0.3) is 0 Å². The molecule has 0 spiro atoms. The summed E-state index contributed by atoms with van der Waals surface area (Å²) in [6, 6.07) is 5.15. The van der Waals surface area contributed by atoms with Gasteiger partial charge in [-0.15, -0.1) is 6.58 Å². The highest BCUT2D eigenvalue weighted by Crippen LogP contribution is 2.25. The average molecular weight is 273 g/mol. The van der Waals surface area contributed by atoms with Crippen molar-refractivity contribution in [2.75, 3.05) is 18.4 Å². The number of hydrogen-bond acceptors (Lipinski definition) is 2. The fraction of sp³-hybridized carbons (Fsp3) is 0.250. The second kappa shape index (κ2) is 7.20. The molecule has 0 aliphatic rings. The van der Waals surface area contributed by atoms with Crippen LogP contribution in [0.2, 0.25) is 10.0 Å². The molecule has 0 heterocycles. The van der Waals surface area contributed by atoms with Gasteiger partial charge in [0.2, 0.25) is 5.91 Å². The highest BCUT2D eigenvalue weighted by atomic mass is 35.5. The number of amides is 1. The summed E-state index contributed by atoms with van der Waals surface area (Å²) in [4.78, 5) is 11.3. The van der Waals surface area contributed by atoms with Crippen molar-refractivity contribution >= 4 is 34.8 Å². The molecule has 17 heavy (non-hydrogen) atoms. The lowest BCUT2D eigenvalue weighted by molar-refractivity contribution is -0.120. The van der Waals surface area contributed by atoms with Crippen LogP contribution in [-0.4, -0.2) is 19.0 Å². The summed E-state index contributed by atoms with van der Waals surface area (Å²) in [7, 11) is 0. The highest BCUT2D eigenvalue weighted by Gasteiger charge is 2.02. The lowest BCUT2D eigenvalue weighted by Crippen LogP contribution is -2.25. The molecule has 0 saturated carbocycles. The molecule has 3 nitrogen and oxygen atoms in total. The maximum Gasteiger partial charge on any atom is 0.222 e. The van der Waals surface area contributed by atoms with E-state index in [4.69, 9.17) is 23.2 Å². The van der Waals surface area contributed by atoms with E-state index in [1.54, 1.807) is 24.3 Å². The molecular formula is C12H14Cl2N2O. The maximum absolute atomic E-state index is 11.3. The predicted octanol–water partition coefficient (Wildman–Crippen LogP) is 3.10. The van der Waals surface area contributed by atoms with Gasteiger partial charge >= 0.3 is 0 Å². The second-order valence-corrected chi connectivity index (χ2v) is 4.24. The van der Waals surface area contributed by atoms with E-state index in [1.807, 2.05) is 0 Å². The SMILES string of the molecule is C=CCNC(=O)CCNc1cc(Cl)ccc1Cl. The zero-order valence-electron chi connectivity index (χ0n) is 9.30. The zero-order valence-corrected chi connectivity index (χ0v) is 10.8. The minimum absolute atomic E-state index is 0.0319. The summed E-state index contributed by atoms with van der Waals surface area (Å²) in [5.41, 5.74) is 0.732. The van der Waals surface area contributed by atoms with E-state index in [1.165, 1.54) is 0 Å². The van der Waals surface area contributed by atoms with E-state index in [9.17, 15) is 4.79 Å². The van der Waals surface area contributed by atoms with Crippen LogP contribution in [-0.2, 0) is 4.79 Å². The van der Waals surface area contributed by atoms with E-state index in [-0.39, 0.29) is 5.91 Å². The smallest absolute Gasteiger partial charge is 0.222 e. The molecule has 0 bridgehead atoms. The first-order valence-electron chi connectivity index (χ1n) is 5.20. The Labute approximate surface area is 111 Å². The van der Waals surface area contributed by atoms with E-state index in [0.29, 0.717) is 29.6 Å². The predicted molar refractivity (Wildman–Crippen MR) is 72.8 cm³/mol. The number of anilines is 1. The van der Waals surface area contributed by atoms with Crippen LogP contribution in [0.5, 0.6) is 0 Å². The number of carbonyl (C=O) groups excluding carboxylic acids is 1. The number of carbonyl (C=O) groups is 1. The van der Waals surface area contributed by atoms with Crippen LogP contribution < -0.4 is 10.6 Å². The molecule has 1 rings (SSSR count). The van der Waals surface area contributed by atoms with Crippen LogP contribution in [0.15, 0.2) is 30.9 Å². The monoisotopic (exact) mass is 272 g/mol. The molecule has 0 saturated heterocycles. The quantitative estimate of drug-likeness (QED) is 0.782. The first-order chi connectivity index (χ1) is 8.13. The van der Waals surface area contributed by atoms with Crippen molar-refractivity contribution < 1.29 is 4.79 Å². The largest absolute Gasteiger partial charge is 0.383 e. The van der Waals surface area contributed by atoms with Crippen molar-refractivity contribution in [3.63, 3.8) is 0 Å². The molecule has 2 N–H and O–H groups in total. The fourth-order valence-corrected chi connectivity index (χ4v) is 1.57. The third-order valence-corrected chi connectivity index (χ3v) is 2.60. The topological polar surface area (TPSA) is 41.1 Å². The molecule has 1 amide bonds. The Balaban J connectivity index is 2.37. The molecule has 0 radical (unpaired) electrons. The second-order valence-electron chi connectivity index (χ2n) is 3.39. The van der Waals surface area contributed by atoms with Gasteiger partial charge in [-0.2, -0.15) is 0 Å². The van der Waals surface area contributed by atoms with Crippen molar-refractivity contribution in [3.8, 4) is 0 Å². The molecular weight excluding hydrogens is 259 g/mol. The minimum Gasteiger partial charge on any atom is -0.383 e. The Hall–Kier alpha value is -1.19. The number of rotatable bonds is 6. The van der Waals surface area contributed by atoms with Crippen molar-refractivity contribution in [2.45, 2.75) is 6.42 Å². The molecule has 0 fully saturated rings. The van der Waals surface area contributed by atoms with E-state index in [0.717, 1.165) is 5.69 Å². The number of nitrogens with one attached hydrogen (secondary N) is 2. The van der Waals surface area contributed by atoms with Crippen LogP contribution in [0.1, 0.15) is 6.42 Å². The summed E-state index contributed by atoms with van der Waals surface area (Å²) in [6.45, 7) is 4.51. The zero-order chi connectivity index (χ0) is 12.7. The van der Waals surface area contributed by atoms with Crippen LogP contribution in [0.4, 0.5) is 5.69 Å². The first kappa shape index (κ1) is 13.9. The summed E-state index contributed by atoms with van der Waals surface area (Å²) >= 11 is 11.8. The minimum atomic E-state index is -0.0319. The van der Waals surface area contributed by atoms with Gasteiger partial charge in [0.1, 0.15) is 0 Å². The van der Waals surface area contributed by atoms with Gasteiger partial charge in [0, 0.05) is 24.5 Å². The van der Waals surface area contributed by atoms with Crippen molar-refractivity contribution in [1.82, 2.24) is 5.32 Å². The van der Waals surface area contributed by atoms with E-state index < -0.39 is 0 Å². The first-order valence-corrected chi connectivity index (χ1v) is 5.95. The highest BCUT2D eigenvalue weighted by molar-refractivity contribution is 6.35. The third kappa shape index (κ3) is 5.11. The number of halogens is 2. The summed E-state index contributed by atoms with van der Waals surface area (Å²) in [5, 5.41) is 6.94. The molecule has 0 aliphatic carbocycles. The molecule has 0 aromatic heterocycles. The van der Waals surface area contributed by atoms with Crippen LogP contribution in [0, 0.1) is 0 Å². The maximum atomic E-state index is 11.3. The molecule has 5 heteroatoms. The van der Waals surface area contributed by atoms with Gasteiger partial charge in [-0.1, -0.05) is 29.3 Å². The van der Waals surface area contributed by atoms with Gasteiger partial charge in [-0.3, -0.25) is 4.79 Å². The molecule has 0 atom stereocenters. The lowest BCUT2D eigenvalue weighted by Gasteiger charge is -2.08. The van der Waals surface area contributed by atoms with Gasteiger partial charge < -0.3 is 10.6 Å². The Morgan fingerprint density at radius 1 is 1.41 bits per heavy atom. The van der Waals surface area contributed by atoms with Crippen LogP contribution >= 0.6 is 23.2 Å². The summed E-state index contributed by atoms with van der Waals surface area (Å²) in [5.74, 6) is -0.0319. The Morgan fingerprint density at radius 2 is 2.18 bits per heavy atom. The molecule has 0 aliphatic heterocycles. The number of benzene rings is 1. The molecule has 1 aromatic carbocycles. The Bertz CT molecular complexity index is 407.